The number of esters is 1. The Balaban J connectivity index is 1.29. The molecule has 16 heteroatoms. The Bertz CT molecular complexity index is 1690. The number of rotatable bonds is 13. The van der Waals surface area contributed by atoms with Crippen LogP contribution in [0, 0.1) is 5.92 Å². The number of piperidine rings is 1. The van der Waals surface area contributed by atoms with Crippen molar-refractivity contribution in [1.82, 2.24) is 34.6 Å². The number of morpholine rings is 1. The highest BCUT2D eigenvalue weighted by Gasteiger charge is 2.30. The quantitative estimate of drug-likeness (QED) is 0.201. The van der Waals surface area contributed by atoms with Crippen LogP contribution in [0.2, 0.25) is 5.02 Å². The van der Waals surface area contributed by atoms with Crippen molar-refractivity contribution in [3.63, 3.8) is 0 Å². The Hall–Kier alpha value is -4.18. The predicted octanol–water partition coefficient (Wildman–Crippen LogP) is 3.79. The van der Waals surface area contributed by atoms with Gasteiger partial charge in [0, 0.05) is 55.2 Å². The summed E-state index contributed by atoms with van der Waals surface area (Å²) in [5, 5.41) is 15.6. The number of Topliss-reactive ketones (excluding diaryl/α,β-unsaturated/α-hetero) is 1. The number of hydrogen-bond donors (Lipinski definition) is 2. The molecule has 0 saturated carbocycles. The van der Waals surface area contributed by atoms with Gasteiger partial charge >= 0.3 is 12.6 Å². The van der Waals surface area contributed by atoms with E-state index in [1.54, 1.807) is 35.4 Å². The van der Waals surface area contributed by atoms with Crippen molar-refractivity contribution in [2.45, 2.75) is 38.5 Å². The van der Waals surface area contributed by atoms with E-state index in [0.29, 0.717) is 69.1 Å². The number of halogens is 3. The number of benzene rings is 1. The van der Waals surface area contributed by atoms with E-state index in [4.69, 9.17) is 25.8 Å². The summed E-state index contributed by atoms with van der Waals surface area (Å²) >= 11 is 6.28. The summed E-state index contributed by atoms with van der Waals surface area (Å²) in [7, 11) is 0. The molecule has 4 aromatic rings. The van der Waals surface area contributed by atoms with Crippen molar-refractivity contribution in [2.75, 3.05) is 51.3 Å². The topological polar surface area (TPSA) is 137 Å². The monoisotopic (exact) mass is 672 g/mol. The average molecular weight is 673 g/mol. The molecule has 1 aromatic carbocycles. The zero-order valence-electron chi connectivity index (χ0n) is 25.5. The number of ketones is 1. The first kappa shape index (κ1) is 32.7. The zero-order chi connectivity index (χ0) is 32.8. The maximum Gasteiger partial charge on any atom is 0.387 e. The minimum absolute atomic E-state index is 0.152. The first-order chi connectivity index (χ1) is 22.8. The van der Waals surface area contributed by atoms with Crippen LogP contribution < -0.4 is 15.4 Å². The van der Waals surface area contributed by atoms with Gasteiger partial charge < -0.3 is 24.8 Å². The van der Waals surface area contributed by atoms with Crippen LogP contribution in [0.15, 0.2) is 49.1 Å². The molecule has 0 bridgehead atoms. The third-order valence-corrected chi connectivity index (χ3v) is 8.38. The first-order valence-electron chi connectivity index (χ1n) is 15.5. The van der Waals surface area contributed by atoms with Gasteiger partial charge in [-0.15, -0.1) is 0 Å². The number of carbonyl (C=O) groups excluding carboxylic acids is 2. The smallest absolute Gasteiger partial charge is 0.387 e. The lowest BCUT2D eigenvalue weighted by Gasteiger charge is -2.29. The van der Waals surface area contributed by atoms with Gasteiger partial charge in [0.05, 0.1) is 31.0 Å². The Morgan fingerprint density at radius 3 is 2.77 bits per heavy atom. The van der Waals surface area contributed by atoms with Crippen LogP contribution in [0.1, 0.15) is 19.3 Å². The highest BCUT2D eigenvalue weighted by molar-refractivity contribution is 6.31. The molecule has 13 nitrogen and oxygen atoms in total. The molecule has 6 rings (SSSR count). The normalized spacial score (nSPS) is 16.8. The Kier molecular flexibility index (Phi) is 10.6. The van der Waals surface area contributed by atoms with E-state index in [1.807, 2.05) is 0 Å². The molecular formula is C31H35ClF2N8O5. The molecule has 2 aliphatic heterocycles. The van der Waals surface area contributed by atoms with Gasteiger partial charge in [-0.05, 0) is 50.2 Å². The van der Waals surface area contributed by atoms with Crippen molar-refractivity contribution in [2.24, 2.45) is 5.92 Å². The minimum atomic E-state index is -3.10. The Labute approximate surface area is 274 Å². The number of fused-ring (bicyclic) bond motifs is 1. The molecule has 47 heavy (non-hydrogen) atoms. The van der Waals surface area contributed by atoms with Crippen LogP contribution in [-0.2, 0) is 25.6 Å². The summed E-state index contributed by atoms with van der Waals surface area (Å²) < 4.78 is 45.8. The summed E-state index contributed by atoms with van der Waals surface area (Å²) in [6.45, 7) is 1.27. The van der Waals surface area contributed by atoms with Gasteiger partial charge in [0.1, 0.15) is 23.7 Å². The highest BCUT2D eigenvalue weighted by Crippen LogP contribution is 2.38. The lowest BCUT2D eigenvalue weighted by Crippen LogP contribution is -2.41. The van der Waals surface area contributed by atoms with Crippen molar-refractivity contribution < 1.29 is 32.6 Å². The van der Waals surface area contributed by atoms with E-state index < -0.39 is 12.7 Å². The molecule has 0 spiro atoms. The van der Waals surface area contributed by atoms with E-state index in [9.17, 15) is 18.4 Å². The number of nitrogens with one attached hydrogen (secondary N) is 2. The molecule has 2 aliphatic rings. The number of ether oxygens (including phenoxy) is 3. The average Bonchev–Trinajstić information content (AvgIpc) is 3.68. The lowest BCUT2D eigenvalue weighted by molar-refractivity contribution is -0.161. The highest BCUT2D eigenvalue weighted by atomic mass is 35.5. The second-order valence-corrected chi connectivity index (χ2v) is 11.8. The summed E-state index contributed by atoms with van der Waals surface area (Å²) in [6, 6.07) is 5.95. The Morgan fingerprint density at radius 1 is 1.17 bits per heavy atom. The third-order valence-electron chi connectivity index (χ3n) is 8.14. The van der Waals surface area contributed by atoms with E-state index >= 15 is 0 Å². The molecule has 0 radical (unpaired) electrons. The van der Waals surface area contributed by atoms with Crippen LogP contribution in [0.4, 0.5) is 20.2 Å². The molecule has 2 N–H and O–H groups in total. The van der Waals surface area contributed by atoms with E-state index in [1.165, 1.54) is 22.9 Å². The van der Waals surface area contributed by atoms with Crippen LogP contribution in [0.25, 0.3) is 16.9 Å². The van der Waals surface area contributed by atoms with Crippen LogP contribution in [0.3, 0.4) is 0 Å². The van der Waals surface area contributed by atoms with Gasteiger partial charge in [-0.1, -0.05) is 11.6 Å². The number of carbonyl (C=O) groups is 2. The van der Waals surface area contributed by atoms with E-state index in [-0.39, 0.29) is 46.2 Å². The molecule has 1 atom stereocenters. The number of hydrogen-bond acceptors (Lipinski definition) is 11. The summed E-state index contributed by atoms with van der Waals surface area (Å²) in [5.41, 5.74) is 1.75. The number of alkyl halides is 2. The molecule has 250 valence electrons. The van der Waals surface area contributed by atoms with Gasteiger partial charge in [-0.3, -0.25) is 19.2 Å². The standard InChI is InChI=1S/C31H35ClF2N8O5/c32-21-2-3-26(47-31(33)34)22(16-21)28-24(38-23-17-37-42-10-1-7-36-29(23)42)18-41(39-28)19-25(43)27(6-11-40-12-14-45-15-13-40)46-30(44)20-4-8-35-9-5-20/h1-3,7,10,16-18,20,27,31,35,38H,4-6,8-9,11-15,19H2. The van der Waals surface area contributed by atoms with Crippen LogP contribution in [-0.4, -0.2) is 99.7 Å². The molecule has 2 fully saturated rings. The van der Waals surface area contributed by atoms with E-state index in [0.717, 1.165) is 13.1 Å². The summed E-state index contributed by atoms with van der Waals surface area (Å²) in [4.78, 5) is 33.5. The first-order valence-corrected chi connectivity index (χ1v) is 15.8. The van der Waals surface area contributed by atoms with Crippen molar-refractivity contribution in [3.8, 4) is 17.0 Å². The molecule has 1 unspecified atom stereocenters. The zero-order valence-corrected chi connectivity index (χ0v) is 26.2. The van der Waals surface area contributed by atoms with Crippen molar-refractivity contribution in [3.05, 3.63) is 54.1 Å². The minimum Gasteiger partial charge on any atom is -0.454 e. The van der Waals surface area contributed by atoms with Gasteiger partial charge in [0.2, 0.25) is 0 Å². The molecule has 2 saturated heterocycles. The van der Waals surface area contributed by atoms with Crippen LogP contribution >= 0.6 is 11.6 Å². The van der Waals surface area contributed by atoms with E-state index in [2.05, 4.69) is 30.7 Å². The maximum absolute atomic E-state index is 13.8. The summed E-state index contributed by atoms with van der Waals surface area (Å²) in [6.07, 6.45) is 7.05. The third kappa shape index (κ3) is 8.22. The summed E-state index contributed by atoms with van der Waals surface area (Å²) in [5.74, 6) is -1.17. The maximum atomic E-state index is 13.8. The number of anilines is 2. The lowest BCUT2D eigenvalue weighted by atomic mass is 9.98. The van der Waals surface area contributed by atoms with Crippen molar-refractivity contribution >= 4 is 40.4 Å². The molecule has 0 amide bonds. The van der Waals surface area contributed by atoms with Crippen LogP contribution in [0.5, 0.6) is 5.75 Å². The van der Waals surface area contributed by atoms with Crippen molar-refractivity contribution in [1.29, 1.82) is 0 Å². The molecule has 5 heterocycles. The Morgan fingerprint density at radius 2 is 1.98 bits per heavy atom. The number of aromatic nitrogens is 5. The van der Waals surface area contributed by atoms with Gasteiger partial charge in [0.25, 0.3) is 0 Å². The largest absolute Gasteiger partial charge is 0.454 e. The predicted molar refractivity (Wildman–Crippen MR) is 168 cm³/mol. The second-order valence-electron chi connectivity index (χ2n) is 11.3. The number of nitrogens with zero attached hydrogens (tertiary/aromatic N) is 6. The van der Waals surface area contributed by atoms with Gasteiger partial charge in [-0.2, -0.15) is 19.0 Å². The SMILES string of the molecule is O=C(OC(CCN1CCOCC1)C(=O)Cn1cc(Nc2cnn3cccnc23)c(-c2cc(Cl)ccc2OC(F)F)n1)C1CCNCC1. The fourth-order valence-corrected chi connectivity index (χ4v) is 5.88. The fourth-order valence-electron chi connectivity index (χ4n) is 5.71. The fraction of sp³-hybridized carbons (Fsp3) is 0.452. The molecular weight excluding hydrogens is 638 g/mol. The second kappa shape index (κ2) is 15.2. The van der Waals surface area contributed by atoms with Gasteiger partial charge in [0.15, 0.2) is 17.5 Å². The molecule has 0 aliphatic carbocycles. The molecule has 3 aromatic heterocycles. The van der Waals surface area contributed by atoms with Gasteiger partial charge in [-0.25, -0.2) is 9.50 Å².